The molecule has 1 unspecified atom stereocenters. The van der Waals surface area contributed by atoms with Gasteiger partial charge in [0.25, 0.3) is 0 Å². The highest BCUT2D eigenvalue weighted by molar-refractivity contribution is 7.24. The van der Waals surface area contributed by atoms with Gasteiger partial charge in [0.15, 0.2) is 0 Å². The first-order valence-electron chi connectivity index (χ1n) is 18.8. The molecule has 2 heterocycles. The Morgan fingerprint density at radius 1 is 0.636 bits per heavy atom. The van der Waals surface area contributed by atoms with Gasteiger partial charge in [-0.1, -0.05) is 164 Å². The Kier molecular flexibility index (Phi) is 7.97. The third kappa shape index (κ3) is 5.01. The highest BCUT2D eigenvalue weighted by Gasteiger charge is 2.47. The summed E-state index contributed by atoms with van der Waals surface area (Å²) < 4.78 is 3.69. The predicted molar refractivity (Wildman–Crippen MR) is 236 cm³/mol. The molecule has 2 nitrogen and oxygen atoms in total. The van der Waals surface area contributed by atoms with Gasteiger partial charge in [0.05, 0.1) is 26.8 Å². The Morgan fingerprint density at radius 2 is 1.33 bits per heavy atom. The van der Waals surface area contributed by atoms with Crippen LogP contribution in [0.1, 0.15) is 23.6 Å². The summed E-state index contributed by atoms with van der Waals surface area (Å²) in [6.45, 7) is 6.29. The molecule has 0 amide bonds. The fourth-order valence-corrected chi connectivity index (χ4v) is 10.2. The summed E-state index contributed by atoms with van der Waals surface area (Å²) in [5, 5.41) is 4.83. The smallest absolute Gasteiger partial charge is 0.103 e. The second kappa shape index (κ2) is 13.3. The highest BCUT2D eigenvalue weighted by atomic mass is 32.1. The lowest BCUT2D eigenvalue weighted by Crippen LogP contribution is -2.29. The van der Waals surface area contributed by atoms with Crippen LogP contribution in [-0.2, 0) is 5.41 Å². The molecular weight excluding hydrogens is 685 g/mol. The first-order chi connectivity index (χ1) is 27.2. The highest BCUT2D eigenvalue weighted by Crippen LogP contribution is 2.58. The second-order valence-corrected chi connectivity index (χ2v) is 15.1. The summed E-state index contributed by atoms with van der Waals surface area (Å²) in [5.74, 6) is 0. The monoisotopic (exact) mass is 722 g/mol. The molecule has 1 aliphatic carbocycles. The van der Waals surface area contributed by atoms with E-state index < -0.39 is 5.41 Å². The summed E-state index contributed by atoms with van der Waals surface area (Å²) >= 11 is 1.86. The van der Waals surface area contributed by atoms with Gasteiger partial charge in [-0.3, -0.25) is 0 Å². The fraction of sp³-hybridized carbons (Fsp3) is 0.0385. The zero-order valence-electron chi connectivity index (χ0n) is 30.6. The van der Waals surface area contributed by atoms with E-state index in [2.05, 4.69) is 217 Å². The quantitative estimate of drug-likeness (QED) is 0.142. The number of rotatable bonds is 8. The lowest BCUT2D eigenvalue weighted by Gasteiger charge is -2.35. The van der Waals surface area contributed by atoms with Crippen molar-refractivity contribution in [3.8, 4) is 16.8 Å². The average Bonchev–Trinajstić information content (AvgIpc) is 3.89. The maximum absolute atomic E-state index is 4.19. The SMILES string of the molecule is C=C/C=C(\C=C/C)C1(c2ccccc2)c2ccccc2-c2ccc(N(c3cc4c(s3)c3ccccc3n4-c3ccccc3)c3cccc4ccccc34)cc21. The van der Waals surface area contributed by atoms with Crippen molar-refractivity contribution in [2.45, 2.75) is 12.3 Å². The fourth-order valence-electron chi connectivity index (χ4n) is 8.97. The molecule has 1 aliphatic rings. The molecule has 0 spiro atoms. The topological polar surface area (TPSA) is 8.17 Å². The lowest BCUT2D eigenvalue weighted by molar-refractivity contribution is 0.767. The number of hydrogen-bond acceptors (Lipinski definition) is 2. The summed E-state index contributed by atoms with van der Waals surface area (Å²) in [7, 11) is 0. The molecular formula is C52H38N2S. The van der Waals surface area contributed by atoms with Crippen LogP contribution in [0, 0.1) is 0 Å². The van der Waals surface area contributed by atoms with Crippen LogP contribution in [0.2, 0.25) is 0 Å². The normalized spacial score (nSPS) is 15.2. The third-order valence-electron chi connectivity index (χ3n) is 11.1. The van der Waals surface area contributed by atoms with E-state index in [4.69, 9.17) is 0 Å². The average molecular weight is 723 g/mol. The standard InChI is InChI=1S/C52H38N2S/c1-3-18-37(19-4-2)52(38-22-7-5-8-23-38)45-29-15-13-27-42(45)43-33-32-40(34-46(43)52)54(47-31-17-21-36-20-11-12-26-41(36)47)50-35-49-51(55-50)44-28-14-16-30-48(44)53(49)39-24-9-6-10-25-39/h3-35H,1H2,2H3/b19-4-,37-18+. The summed E-state index contributed by atoms with van der Waals surface area (Å²) in [5.41, 5.74) is 12.7. The summed E-state index contributed by atoms with van der Waals surface area (Å²) in [6, 6.07) is 64.3. The van der Waals surface area contributed by atoms with Gasteiger partial charge in [-0.15, -0.1) is 11.3 Å². The number of para-hydroxylation sites is 2. The Morgan fingerprint density at radius 3 is 2.15 bits per heavy atom. The minimum Gasteiger partial charge on any atom is -0.308 e. The van der Waals surface area contributed by atoms with E-state index >= 15 is 0 Å². The number of hydrogen-bond donors (Lipinski definition) is 0. The van der Waals surface area contributed by atoms with Crippen molar-refractivity contribution in [1.29, 1.82) is 0 Å². The summed E-state index contributed by atoms with van der Waals surface area (Å²) in [6.07, 6.45) is 8.52. The van der Waals surface area contributed by atoms with Crippen molar-refractivity contribution in [3.05, 3.63) is 229 Å². The van der Waals surface area contributed by atoms with Gasteiger partial charge in [-0.25, -0.2) is 0 Å². The Labute approximate surface area is 325 Å². The largest absolute Gasteiger partial charge is 0.308 e. The van der Waals surface area contributed by atoms with Crippen LogP contribution in [0.25, 0.3) is 48.7 Å². The van der Waals surface area contributed by atoms with Crippen molar-refractivity contribution in [2.24, 2.45) is 0 Å². The maximum Gasteiger partial charge on any atom is 0.103 e. The van der Waals surface area contributed by atoms with Gasteiger partial charge >= 0.3 is 0 Å². The van der Waals surface area contributed by atoms with Crippen molar-refractivity contribution >= 4 is 59.6 Å². The number of allylic oxidation sites excluding steroid dienone is 5. The number of benzene rings is 7. The van der Waals surface area contributed by atoms with Crippen molar-refractivity contribution < 1.29 is 0 Å². The van der Waals surface area contributed by atoms with E-state index in [0.717, 1.165) is 22.1 Å². The molecule has 0 aliphatic heterocycles. The first kappa shape index (κ1) is 32.9. The number of anilines is 3. The molecule has 0 N–H and O–H groups in total. The lowest BCUT2D eigenvalue weighted by atomic mass is 9.67. The van der Waals surface area contributed by atoms with Crippen LogP contribution in [0.4, 0.5) is 16.4 Å². The number of fused-ring (bicyclic) bond motifs is 7. The van der Waals surface area contributed by atoms with Crippen LogP contribution in [0.3, 0.4) is 0 Å². The van der Waals surface area contributed by atoms with Crippen LogP contribution in [0.15, 0.2) is 212 Å². The number of thiophene rings is 1. The van der Waals surface area contributed by atoms with Crippen molar-refractivity contribution in [1.82, 2.24) is 4.57 Å². The predicted octanol–water partition coefficient (Wildman–Crippen LogP) is 14.5. The molecule has 0 saturated carbocycles. The molecule has 0 bridgehead atoms. The van der Waals surface area contributed by atoms with Gasteiger partial charge in [0.2, 0.25) is 0 Å². The zero-order valence-corrected chi connectivity index (χ0v) is 31.4. The van der Waals surface area contributed by atoms with Gasteiger partial charge in [-0.05, 0) is 88.2 Å². The minimum absolute atomic E-state index is 0.561. The Bertz CT molecular complexity index is 2960. The molecule has 55 heavy (non-hydrogen) atoms. The zero-order chi connectivity index (χ0) is 36.9. The van der Waals surface area contributed by atoms with Crippen LogP contribution in [0.5, 0.6) is 0 Å². The van der Waals surface area contributed by atoms with Crippen LogP contribution >= 0.6 is 11.3 Å². The van der Waals surface area contributed by atoms with E-state index in [0.29, 0.717) is 0 Å². The van der Waals surface area contributed by atoms with E-state index in [1.807, 2.05) is 17.4 Å². The molecule has 3 heteroatoms. The number of aromatic nitrogens is 1. The van der Waals surface area contributed by atoms with Gasteiger partial charge in [-0.2, -0.15) is 0 Å². The van der Waals surface area contributed by atoms with E-state index in [1.54, 1.807) is 0 Å². The number of nitrogens with zero attached hydrogens (tertiary/aromatic N) is 2. The molecule has 10 rings (SSSR count). The molecule has 9 aromatic rings. The molecule has 0 saturated heterocycles. The third-order valence-corrected chi connectivity index (χ3v) is 12.3. The summed E-state index contributed by atoms with van der Waals surface area (Å²) in [4.78, 5) is 2.49. The molecule has 1 atom stereocenters. The van der Waals surface area contributed by atoms with E-state index in [9.17, 15) is 0 Å². The van der Waals surface area contributed by atoms with Crippen molar-refractivity contribution in [3.63, 3.8) is 0 Å². The van der Waals surface area contributed by atoms with E-state index in [1.165, 1.54) is 65.3 Å². The van der Waals surface area contributed by atoms with Crippen molar-refractivity contribution in [2.75, 3.05) is 4.90 Å². The van der Waals surface area contributed by atoms with Gasteiger partial charge in [0.1, 0.15) is 5.00 Å². The Balaban J connectivity index is 1.29. The van der Waals surface area contributed by atoms with E-state index in [-0.39, 0.29) is 0 Å². The molecule has 2 aromatic heterocycles. The van der Waals surface area contributed by atoms with Gasteiger partial charge in [0, 0.05) is 22.1 Å². The van der Waals surface area contributed by atoms with Crippen LogP contribution in [-0.4, -0.2) is 4.57 Å². The van der Waals surface area contributed by atoms with Gasteiger partial charge < -0.3 is 9.47 Å². The minimum atomic E-state index is -0.561. The molecule has 0 radical (unpaired) electrons. The molecule has 262 valence electrons. The first-order valence-corrected chi connectivity index (χ1v) is 19.7. The Hall–Kier alpha value is -6.68. The van der Waals surface area contributed by atoms with Crippen LogP contribution < -0.4 is 4.90 Å². The second-order valence-electron chi connectivity index (χ2n) is 14.1. The maximum atomic E-state index is 4.19. The molecule has 7 aromatic carbocycles. The molecule has 0 fully saturated rings.